The molecule has 2 heterocycles. The molecular formula is C14H24N2O3. The lowest BCUT2D eigenvalue weighted by Gasteiger charge is -2.38. The van der Waals surface area contributed by atoms with E-state index in [2.05, 4.69) is 10.2 Å². The number of nitrogens with one attached hydrogen (secondary N) is 1. The molecule has 0 saturated carbocycles. The third-order valence-electron chi connectivity index (χ3n) is 4.54. The number of fused-ring (bicyclic) bond motifs is 2. The van der Waals surface area contributed by atoms with Gasteiger partial charge in [0.25, 0.3) is 0 Å². The maximum Gasteiger partial charge on any atom is 0.303 e. The molecule has 0 aliphatic carbocycles. The quantitative estimate of drug-likeness (QED) is 0.760. The number of piperidine rings is 1. The first-order valence-electron chi connectivity index (χ1n) is 7.28. The van der Waals surface area contributed by atoms with E-state index in [0.717, 1.165) is 25.8 Å². The Morgan fingerprint density at radius 2 is 1.89 bits per heavy atom. The first-order valence-corrected chi connectivity index (χ1v) is 7.28. The number of carbonyl (C=O) groups is 2. The molecular weight excluding hydrogens is 244 g/mol. The minimum atomic E-state index is -0.669. The molecule has 108 valence electrons. The van der Waals surface area contributed by atoms with Crippen molar-refractivity contribution in [1.82, 2.24) is 10.2 Å². The number of carbonyl (C=O) groups excluding carboxylic acids is 1. The van der Waals surface area contributed by atoms with Gasteiger partial charge in [0.05, 0.1) is 0 Å². The average molecular weight is 268 g/mol. The number of hydrogen-bond donors (Lipinski definition) is 2. The van der Waals surface area contributed by atoms with Gasteiger partial charge in [-0.05, 0) is 44.6 Å². The van der Waals surface area contributed by atoms with Crippen molar-refractivity contribution in [3.05, 3.63) is 0 Å². The molecule has 2 atom stereocenters. The van der Waals surface area contributed by atoms with Gasteiger partial charge in [0, 0.05) is 32.0 Å². The molecule has 5 nitrogen and oxygen atoms in total. The highest BCUT2D eigenvalue weighted by atomic mass is 16.4. The number of rotatable bonds is 6. The van der Waals surface area contributed by atoms with Gasteiger partial charge in [0.2, 0.25) is 5.91 Å². The second-order valence-corrected chi connectivity index (χ2v) is 5.83. The van der Waals surface area contributed by atoms with Crippen LogP contribution < -0.4 is 5.32 Å². The van der Waals surface area contributed by atoms with E-state index in [9.17, 15) is 9.59 Å². The Morgan fingerprint density at radius 3 is 2.42 bits per heavy atom. The first kappa shape index (κ1) is 14.3. The maximum absolute atomic E-state index is 11.2. The summed E-state index contributed by atoms with van der Waals surface area (Å²) in [5.74, 6) is -0.212. The summed E-state index contributed by atoms with van der Waals surface area (Å²) in [6.45, 7) is 0.975. The van der Waals surface area contributed by atoms with Crippen molar-refractivity contribution in [2.45, 2.75) is 57.0 Å². The molecule has 1 amide bonds. The Labute approximate surface area is 114 Å². The predicted octanol–water partition coefficient (Wildman–Crippen LogP) is 1.23. The van der Waals surface area contributed by atoms with Crippen LogP contribution in [0.3, 0.4) is 0 Å². The van der Waals surface area contributed by atoms with E-state index in [0.29, 0.717) is 30.8 Å². The second kappa shape index (κ2) is 6.37. The van der Waals surface area contributed by atoms with E-state index in [4.69, 9.17) is 5.11 Å². The maximum atomic E-state index is 11.2. The van der Waals surface area contributed by atoms with E-state index in [1.807, 2.05) is 0 Å². The standard InChI is InChI=1S/C14H24N2O3/c1-15-13(17)3-2-6-16-11-4-5-12(16)8-10(7-11)9-14(18)19/h10-12H,2-9H2,1H3,(H,15,17)(H,18,19). The number of amides is 1. The van der Waals surface area contributed by atoms with Gasteiger partial charge in [0.1, 0.15) is 0 Å². The van der Waals surface area contributed by atoms with Gasteiger partial charge in [-0.2, -0.15) is 0 Å². The van der Waals surface area contributed by atoms with Gasteiger partial charge in [0.15, 0.2) is 0 Å². The minimum Gasteiger partial charge on any atom is -0.481 e. The lowest BCUT2D eigenvalue weighted by atomic mass is 9.88. The number of carboxylic acids is 1. The van der Waals surface area contributed by atoms with E-state index in [-0.39, 0.29) is 5.91 Å². The van der Waals surface area contributed by atoms with Crippen molar-refractivity contribution in [2.75, 3.05) is 13.6 Å². The molecule has 2 bridgehead atoms. The Hall–Kier alpha value is -1.10. The lowest BCUT2D eigenvalue weighted by Crippen LogP contribution is -2.43. The van der Waals surface area contributed by atoms with E-state index < -0.39 is 5.97 Å². The topological polar surface area (TPSA) is 69.6 Å². The second-order valence-electron chi connectivity index (χ2n) is 5.83. The Morgan fingerprint density at radius 1 is 1.26 bits per heavy atom. The van der Waals surface area contributed by atoms with Crippen LogP contribution in [0.4, 0.5) is 0 Å². The Kier molecular flexibility index (Phi) is 4.80. The zero-order valence-corrected chi connectivity index (χ0v) is 11.6. The Balaban J connectivity index is 1.79. The molecule has 0 spiro atoms. The molecule has 0 aromatic heterocycles. The van der Waals surface area contributed by atoms with Crippen molar-refractivity contribution in [3.8, 4) is 0 Å². The van der Waals surface area contributed by atoms with Crippen LogP contribution in [0.25, 0.3) is 0 Å². The summed E-state index contributed by atoms with van der Waals surface area (Å²) in [7, 11) is 1.67. The fraction of sp³-hybridized carbons (Fsp3) is 0.857. The number of hydrogen-bond acceptors (Lipinski definition) is 3. The van der Waals surface area contributed by atoms with Crippen molar-refractivity contribution >= 4 is 11.9 Å². The van der Waals surface area contributed by atoms with Crippen LogP contribution in [0.15, 0.2) is 0 Å². The normalized spacial score (nSPS) is 30.3. The van der Waals surface area contributed by atoms with Crippen molar-refractivity contribution in [1.29, 1.82) is 0 Å². The van der Waals surface area contributed by atoms with Crippen molar-refractivity contribution in [2.24, 2.45) is 5.92 Å². The monoisotopic (exact) mass is 268 g/mol. The van der Waals surface area contributed by atoms with E-state index in [1.54, 1.807) is 7.05 Å². The first-order chi connectivity index (χ1) is 9.10. The molecule has 2 N–H and O–H groups in total. The van der Waals surface area contributed by atoms with Gasteiger partial charge in [-0.1, -0.05) is 0 Å². The Bertz CT molecular complexity index is 332. The molecule has 19 heavy (non-hydrogen) atoms. The summed E-state index contributed by atoms with van der Waals surface area (Å²) >= 11 is 0. The van der Waals surface area contributed by atoms with E-state index >= 15 is 0 Å². The third-order valence-corrected chi connectivity index (χ3v) is 4.54. The summed E-state index contributed by atoms with van der Waals surface area (Å²) < 4.78 is 0. The predicted molar refractivity (Wildman–Crippen MR) is 71.8 cm³/mol. The fourth-order valence-electron chi connectivity index (χ4n) is 3.71. The molecule has 2 unspecified atom stereocenters. The van der Waals surface area contributed by atoms with Gasteiger partial charge in [-0.15, -0.1) is 0 Å². The number of nitrogens with zero attached hydrogens (tertiary/aromatic N) is 1. The van der Waals surface area contributed by atoms with Crippen LogP contribution in [-0.4, -0.2) is 47.6 Å². The number of aliphatic carboxylic acids is 1. The van der Waals surface area contributed by atoms with Gasteiger partial charge in [-0.3, -0.25) is 14.5 Å². The largest absolute Gasteiger partial charge is 0.481 e. The molecule has 2 fully saturated rings. The summed E-state index contributed by atoms with van der Waals surface area (Å²) in [5.41, 5.74) is 0. The van der Waals surface area contributed by atoms with Crippen LogP contribution in [0.2, 0.25) is 0 Å². The highest BCUT2D eigenvalue weighted by molar-refractivity contribution is 5.75. The molecule has 2 aliphatic heterocycles. The number of carboxylic acid groups (broad SMARTS) is 1. The SMILES string of the molecule is CNC(=O)CCCN1C2CCC1CC(CC(=O)O)C2. The molecule has 5 heteroatoms. The summed E-state index contributed by atoms with van der Waals surface area (Å²) in [6, 6.07) is 1.10. The van der Waals surface area contributed by atoms with Crippen LogP contribution in [0.5, 0.6) is 0 Å². The van der Waals surface area contributed by atoms with Crippen LogP contribution in [-0.2, 0) is 9.59 Å². The summed E-state index contributed by atoms with van der Waals surface area (Å²) in [5, 5.41) is 11.5. The molecule has 2 aliphatic rings. The third kappa shape index (κ3) is 3.69. The minimum absolute atomic E-state index is 0.105. The summed E-state index contributed by atoms with van der Waals surface area (Å²) in [4.78, 5) is 24.5. The molecule has 2 saturated heterocycles. The van der Waals surface area contributed by atoms with Gasteiger partial charge >= 0.3 is 5.97 Å². The van der Waals surface area contributed by atoms with Crippen molar-refractivity contribution < 1.29 is 14.7 Å². The highest BCUT2D eigenvalue weighted by Crippen LogP contribution is 2.39. The van der Waals surface area contributed by atoms with Crippen LogP contribution in [0, 0.1) is 5.92 Å². The van der Waals surface area contributed by atoms with Gasteiger partial charge in [-0.25, -0.2) is 0 Å². The smallest absolute Gasteiger partial charge is 0.303 e. The average Bonchev–Trinajstić information content (AvgIpc) is 2.59. The van der Waals surface area contributed by atoms with E-state index in [1.165, 1.54) is 12.8 Å². The lowest BCUT2D eigenvalue weighted by molar-refractivity contribution is -0.138. The fourth-order valence-corrected chi connectivity index (χ4v) is 3.71. The highest BCUT2D eigenvalue weighted by Gasteiger charge is 2.40. The van der Waals surface area contributed by atoms with Gasteiger partial charge < -0.3 is 10.4 Å². The van der Waals surface area contributed by atoms with Crippen LogP contribution in [0.1, 0.15) is 44.9 Å². The zero-order valence-electron chi connectivity index (χ0n) is 11.6. The molecule has 0 aromatic rings. The molecule has 0 aromatic carbocycles. The zero-order chi connectivity index (χ0) is 13.8. The molecule has 0 radical (unpaired) electrons. The van der Waals surface area contributed by atoms with Crippen LogP contribution >= 0.6 is 0 Å². The summed E-state index contributed by atoms with van der Waals surface area (Å²) in [6.07, 6.45) is 6.23. The van der Waals surface area contributed by atoms with Crippen molar-refractivity contribution in [3.63, 3.8) is 0 Å². The molecule has 2 rings (SSSR count).